The minimum Gasteiger partial charge on any atom is -0.381 e. The van der Waals surface area contributed by atoms with Crippen LogP contribution >= 0.6 is 0 Å². The molecule has 144 valence electrons. The molecule has 1 unspecified atom stereocenters. The number of hydrogen-bond acceptors (Lipinski definition) is 4. The van der Waals surface area contributed by atoms with E-state index < -0.39 is 21.6 Å². The third kappa shape index (κ3) is 4.52. The summed E-state index contributed by atoms with van der Waals surface area (Å²) in [6.45, 7) is 3.64. The molecule has 2 aliphatic heterocycles. The molecule has 0 radical (unpaired) electrons. The van der Waals surface area contributed by atoms with Crippen LogP contribution in [0.15, 0.2) is 30.3 Å². The summed E-state index contributed by atoms with van der Waals surface area (Å²) in [6.07, 6.45) is 2.72. The van der Waals surface area contributed by atoms with Crippen LogP contribution in [0.5, 0.6) is 0 Å². The third-order valence-corrected chi connectivity index (χ3v) is 7.47. The topological polar surface area (TPSA) is 81.9 Å². The quantitative estimate of drug-likeness (QED) is 0.779. The van der Waals surface area contributed by atoms with E-state index in [4.69, 9.17) is 15.2 Å². The highest BCUT2D eigenvalue weighted by Gasteiger charge is 2.47. The Morgan fingerprint density at radius 3 is 2.50 bits per heavy atom. The molecule has 0 aromatic heterocycles. The molecule has 0 saturated carbocycles. The second kappa shape index (κ2) is 9.08. The van der Waals surface area contributed by atoms with Gasteiger partial charge in [-0.05, 0) is 37.2 Å². The number of amides is 1. The van der Waals surface area contributed by atoms with Gasteiger partial charge >= 0.3 is 0 Å². The van der Waals surface area contributed by atoms with Crippen molar-refractivity contribution >= 4 is 16.9 Å². The van der Waals surface area contributed by atoms with Crippen molar-refractivity contribution in [3.05, 3.63) is 35.9 Å². The number of carbonyl (C=O) groups excluding carboxylic acids is 1. The highest BCUT2D eigenvalue weighted by Crippen LogP contribution is 2.31. The Hall–Kier alpha value is -1.28. The van der Waals surface area contributed by atoms with Crippen LogP contribution in [0.1, 0.15) is 31.2 Å². The van der Waals surface area contributed by atoms with Gasteiger partial charge in [0.15, 0.2) is 0 Å². The van der Waals surface area contributed by atoms with E-state index in [0.717, 1.165) is 12.8 Å². The van der Waals surface area contributed by atoms with Gasteiger partial charge in [0.25, 0.3) is 0 Å². The maximum Gasteiger partial charge on any atom is 0.237 e. The Bertz CT molecular complexity index is 611. The molecule has 1 aromatic rings. The molecule has 2 aliphatic rings. The van der Waals surface area contributed by atoms with Crippen LogP contribution in [0, 0.1) is 5.92 Å². The molecular formula is C19H28N2O4S. The van der Waals surface area contributed by atoms with E-state index >= 15 is 0 Å². The van der Waals surface area contributed by atoms with Crippen LogP contribution in [0.3, 0.4) is 0 Å². The average Bonchev–Trinajstić information content (AvgIpc) is 2.69. The number of ether oxygens (including phenoxy) is 2. The molecular weight excluding hydrogens is 352 g/mol. The second-order valence-electron chi connectivity index (χ2n) is 7.09. The SMILES string of the molecule is NC(=O)C1(S(=O)N2CCC(COCc3ccccc3)CC2)CCOCC1. The molecule has 2 saturated heterocycles. The predicted molar refractivity (Wildman–Crippen MR) is 101 cm³/mol. The summed E-state index contributed by atoms with van der Waals surface area (Å²) in [5.41, 5.74) is 6.80. The summed E-state index contributed by atoms with van der Waals surface area (Å²) in [6, 6.07) is 10.1. The van der Waals surface area contributed by atoms with E-state index in [1.807, 2.05) is 22.5 Å². The van der Waals surface area contributed by atoms with Crippen LogP contribution < -0.4 is 5.73 Å². The van der Waals surface area contributed by atoms with Crippen LogP contribution in [-0.4, -0.2) is 52.1 Å². The van der Waals surface area contributed by atoms with Crippen molar-refractivity contribution in [1.29, 1.82) is 0 Å². The maximum atomic E-state index is 13.1. The van der Waals surface area contributed by atoms with Gasteiger partial charge < -0.3 is 15.2 Å². The van der Waals surface area contributed by atoms with Gasteiger partial charge in [-0.15, -0.1) is 0 Å². The normalized spacial score (nSPS) is 22.8. The number of nitrogens with two attached hydrogens (primary N) is 1. The fourth-order valence-corrected chi connectivity index (χ4v) is 5.34. The zero-order chi connectivity index (χ0) is 18.4. The molecule has 1 atom stereocenters. The molecule has 1 amide bonds. The van der Waals surface area contributed by atoms with Crippen molar-refractivity contribution in [3.8, 4) is 0 Å². The van der Waals surface area contributed by atoms with Gasteiger partial charge in [-0.2, -0.15) is 0 Å². The molecule has 0 spiro atoms. The highest BCUT2D eigenvalue weighted by atomic mass is 32.2. The van der Waals surface area contributed by atoms with Gasteiger partial charge in [0, 0.05) is 32.9 Å². The smallest absolute Gasteiger partial charge is 0.237 e. The van der Waals surface area contributed by atoms with Crippen molar-refractivity contribution in [1.82, 2.24) is 4.31 Å². The molecule has 26 heavy (non-hydrogen) atoms. The predicted octanol–water partition coefficient (Wildman–Crippen LogP) is 1.61. The molecule has 2 heterocycles. The maximum absolute atomic E-state index is 13.1. The largest absolute Gasteiger partial charge is 0.381 e. The zero-order valence-corrected chi connectivity index (χ0v) is 15.9. The molecule has 7 heteroatoms. The second-order valence-corrected chi connectivity index (χ2v) is 8.89. The van der Waals surface area contributed by atoms with Gasteiger partial charge in [-0.25, -0.2) is 8.51 Å². The van der Waals surface area contributed by atoms with Crippen LogP contribution in [0.25, 0.3) is 0 Å². The molecule has 1 aromatic carbocycles. The first-order valence-electron chi connectivity index (χ1n) is 9.28. The van der Waals surface area contributed by atoms with E-state index in [9.17, 15) is 9.00 Å². The van der Waals surface area contributed by atoms with E-state index in [-0.39, 0.29) is 0 Å². The standard InChI is InChI=1S/C19H28N2O4S/c20-18(22)19(8-12-24-13-9-19)26(23)21-10-6-17(7-11-21)15-25-14-16-4-2-1-3-5-16/h1-5,17H,6-15H2,(H2,20,22). The molecule has 3 rings (SSSR count). The number of rotatable bonds is 7. The van der Waals surface area contributed by atoms with Gasteiger partial charge in [-0.1, -0.05) is 30.3 Å². The van der Waals surface area contributed by atoms with Crippen molar-refractivity contribution < 1.29 is 18.5 Å². The molecule has 6 nitrogen and oxygen atoms in total. The Morgan fingerprint density at radius 1 is 1.23 bits per heavy atom. The summed E-state index contributed by atoms with van der Waals surface area (Å²) in [5, 5.41) is 0. The lowest BCUT2D eigenvalue weighted by molar-refractivity contribution is -0.122. The lowest BCUT2D eigenvalue weighted by Crippen LogP contribution is -2.56. The van der Waals surface area contributed by atoms with Crippen molar-refractivity contribution in [2.24, 2.45) is 11.7 Å². The summed E-state index contributed by atoms with van der Waals surface area (Å²) in [7, 11) is -1.39. The number of hydrogen-bond donors (Lipinski definition) is 1. The average molecular weight is 381 g/mol. The van der Waals surface area contributed by atoms with Crippen molar-refractivity contribution in [2.75, 3.05) is 32.9 Å². The molecule has 0 bridgehead atoms. The lowest BCUT2D eigenvalue weighted by Gasteiger charge is -2.39. The molecule has 2 fully saturated rings. The zero-order valence-electron chi connectivity index (χ0n) is 15.1. The van der Waals surface area contributed by atoms with Gasteiger partial charge in [-0.3, -0.25) is 4.79 Å². The summed E-state index contributed by atoms with van der Waals surface area (Å²) < 4.78 is 25.2. The first kappa shape index (κ1) is 19.5. The number of piperidine rings is 1. The van der Waals surface area contributed by atoms with Gasteiger partial charge in [0.2, 0.25) is 5.91 Å². The fraction of sp³-hybridized carbons (Fsp3) is 0.632. The Labute approximate surface area is 157 Å². The molecule has 0 aliphatic carbocycles. The fourth-order valence-electron chi connectivity index (χ4n) is 3.61. The van der Waals surface area contributed by atoms with Crippen molar-refractivity contribution in [2.45, 2.75) is 37.0 Å². The van der Waals surface area contributed by atoms with Crippen LogP contribution in [0.4, 0.5) is 0 Å². The van der Waals surface area contributed by atoms with E-state index in [1.165, 1.54) is 5.56 Å². The Morgan fingerprint density at radius 2 is 1.88 bits per heavy atom. The van der Waals surface area contributed by atoms with E-state index in [0.29, 0.717) is 58.3 Å². The third-order valence-electron chi connectivity index (χ3n) is 5.36. The van der Waals surface area contributed by atoms with Crippen LogP contribution in [0.2, 0.25) is 0 Å². The highest BCUT2D eigenvalue weighted by molar-refractivity contribution is 7.85. The molecule has 2 N–H and O–H groups in total. The van der Waals surface area contributed by atoms with E-state index in [2.05, 4.69) is 12.1 Å². The number of nitrogens with zero attached hydrogens (tertiary/aromatic N) is 1. The Kier molecular flexibility index (Phi) is 6.80. The number of carbonyl (C=O) groups is 1. The van der Waals surface area contributed by atoms with Gasteiger partial charge in [0.1, 0.15) is 15.7 Å². The summed E-state index contributed by atoms with van der Waals surface area (Å²) in [5.74, 6) is -0.00127. The minimum atomic E-state index is -1.39. The van der Waals surface area contributed by atoms with Gasteiger partial charge in [0.05, 0.1) is 6.61 Å². The minimum absolute atomic E-state index is 0.440. The summed E-state index contributed by atoms with van der Waals surface area (Å²) >= 11 is 0. The van der Waals surface area contributed by atoms with E-state index in [1.54, 1.807) is 0 Å². The first-order valence-corrected chi connectivity index (χ1v) is 10.4. The van der Waals surface area contributed by atoms with Crippen molar-refractivity contribution in [3.63, 3.8) is 0 Å². The Balaban J connectivity index is 1.47. The lowest BCUT2D eigenvalue weighted by atomic mass is 9.98. The first-order chi connectivity index (χ1) is 12.6. The van der Waals surface area contributed by atoms with Crippen LogP contribution in [-0.2, 0) is 31.9 Å². The monoisotopic (exact) mass is 380 g/mol. The summed E-state index contributed by atoms with van der Waals surface area (Å²) in [4.78, 5) is 12.0. The number of primary amides is 1. The number of benzene rings is 1.